The van der Waals surface area contributed by atoms with Crippen molar-refractivity contribution >= 4 is 12.0 Å². The largest absolute Gasteiger partial charge is 0.481 e. The fourth-order valence-electron chi connectivity index (χ4n) is 3.50. The van der Waals surface area contributed by atoms with Gasteiger partial charge < -0.3 is 19.8 Å². The molecule has 2 saturated heterocycles. The molecule has 3 atom stereocenters. The van der Waals surface area contributed by atoms with Crippen LogP contribution in [-0.2, 0) is 4.79 Å². The molecule has 6 heteroatoms. The zero-order chi connectivity index (χ0) is 15.6. The predicted octanol–water partition coefficient (Wildman–Crippen LogP) is 1.32. The number of hydrogen-bond donors (Lipinski definition) is 1. The van der Waals surface area contributed by atoms with Gasteiger partial charge in [0, 0.05) is 32.2 Å². The van der Waals surface area contributed by atoms with Crippen LogP contribution in [-0.4, -0.2) is 77.6 Å². The van der Waals surface area contributed by atoms with E-state index in [0.29, 0.717) is 25.4 Å². The maximum atomic E-state index is 12.6. The molecular weight excluding hydrogens is 270 g/mol. The summed E-state index contributed by atoms with van der Waals surface area (Å²) in [5.41, 5.74) is 0. The van der Waals surface area contributed by atoms with Crippen molar-refractivity contribution in [3.63, 3.8) is 0 Å². The number of hydrogen-bond acceptors (Lipinski definition) is 3. The highest BCUT2D eigenvalue weighted by molar-refractivity contribution is 5.75. The molecule has 2 aliphatic rings. The molecular formula is C15H27N3O3. The fraction of sp³-hybridized carbons (Fsp3) is 0.867. The van der Waals surface area contributed by atoms with Crippen LogP contribution in [0.25, 0.3) is 0 Å². The summed E-state index contributed by atoms with van der Waals surface area (Å²) in [7, 11) is 3.96. The number of nitrogens with zero attached hydrogens (tertiary/aromatic N) is 3. The molecule has 2 aliphatic heterocycles. The fourth-order valence-corrected chi connectivity index (χ4v) is 3.50. The number of carboxylic acids is 1. The van der Waals surface area contributed by atoms with Crippen molar-refractivity contribution in [2.75, 3.05) is 33.7 Å². The van der Waals surface area contributed by atoms with E-state index < -0.39 is 5.97 Å². The van der Waals surface area contributed by atoms with Gasteiger partial charge in [-0.25, -0.2) is 4.79 Å². The van der Waals surface area contributed by atoms with Gasteiger partial charge in [0.2, 0.25) is 0 Å². The molecule has 2 amide bonds. The first-order chi connectivity index (χ1) is 9.90. The zero-order valence-corrected chi connectivity index (χ0v) is 13.3. The number of urea groups is 1. The second-order valence-corrected chi connectivity index (χ2v) is 6.54. The van der Waals surface area contributed by atoms with Crippen LogP contribution in [0.5, 0.6) is 0 Å². The maximum Gasteiger partial charge on any atom is 0.320 e. The van der Waals surface area contributed by atoms with Crippen LogP contribution in [0.1, 0.15) is 32.6 Å². The van der Waals surface area contributed by atoms with Gasteiger partial charge in [0.05, 0.1) is 5.92 Å². The van der Waals surface area contributed by atoms with E-state index in [9.17, 15) is 9.59 Å². The summed E-state index contributed by atoms with van der Waals surface area (Å²) in [5, 5.41) is 9.09. The van der Waals surface area contributed by atoms with Gasteiger partial charge >= 0.3 is 12.0 Å². The van der Waals surface area contributed by atoms with Crippen molar-refractivity contribution in [1.29, 1.82) is 0 Å². The molecule has 21 heavy (non-hydrogen) atoms. The number of aliphatic carboxylic acids is 1. The predicted molar refractivity (Wildman–Crippen MR) is 80.2 cm³/mol. The molecule has 0 saturated carbocycles. The average molecular weight is 297 g/mol. The topological polar surface area (TPSA) is 64.1 Å². The second kappa shape index (κ2) is 6.64. The van der Waals surface area contributed by atoms with E-state index in [2.05, 4.69) is 11.9 Å². The first-order valence-electron chi connectivity index (χ1n) is 7.85. The third kappa shape index (κ3) is 3.67. The third-order valence-electron chi connectivity index (χ3n) is 4.95. The van der Waals surface area contributed by atoms with Crippen molar-refractivity contribution in [3.05, 3.63) is 0 Å². The Morgan fingerprint density at radius 2 is 2.00 bits per heavy atom. The van der Waals surface area contributed by atoms with Crippen LogP contribution in [0.15, 0.2) is 0 Å². The van der Waals surface area contributed by atoms with Crippen LogP contribution >= 0.6 is 0 Å². The van der Waals surface area contributed by atoms with Crippen LogP contribution < -0.4 is 0 Å². The second-order valence-electron chi connectivity index (χ2n) is 6.54. The van der Waals surface area contributed by atoms with Gasteiger partial charge in [0.25, 0.3) is 0 Å². The molecule has 0 aromatic rings. The van der Waals surface area contributed by atoms with Crippen molar-refractivity contribution in [3.8, 4) is 0 Å². The van der Waals surface area contributed by atoms with E-state index in [1.165, 1.54) is 6.42 Å². The molecule has 0 aliphatic carbocycles. The number of carbonyl (C=O) groups excluding carboxylic acids is 1. The Labute approximate surface area is 126 Å². The summed E-state index contributed by atoms with van der Waals surface area (Å²) in [6.45, 7) is 4.35. The van der Waals surface area contributed by atoms with Gasteiger partial charge in [-0.3, -0.25) is 4.79 Å². The summed E-state index contributed by atoms with van der Waals surface area (Å²) >= 11 is 0. The first-order valence-corrected chi connectivity index (χ1v) is 7.85. The summed E-state index contributed by atoms with van der Waals surface area (Å²) in [4.78, 5) is 29.6. The van der Waals surface area contributed by atoms with E-state index in [0.717, 1.165) is 19.5 Å². The van der Waals surface area contributed by atoms with Gasteiger partial charge in [-0.1, -0.05) is 0 Å². The quantitative estimate of drug-likeness (QED) is 0.853. The molecule has 0 radical (unpaired) electrons. The summed E-state index contributed by atoms with van der Waals surface area (Å²) < 4.78 is 0. The van der Waals surface area contributed by atoms with E-state index in [1.807, 2.05) is 18.9 Å². The summed E-state index contributed by atoms with van der Waals surface area (Å²) in [6, 6.07) is 0.480. The molecule has 0 aromatic carbocycles. The van der Waals surface area contributed by atoms with Gasteiger partial charge in [-0.15, -0.1) is 0 Å². The highest BCUT2D eigenvalue weighted by Crippen LogP contribution is 2.24. The Morgan fingerprint density at radius 1 is 1.29 bits per heavy atom. The zero-order valence-electron chi connectivity index (χ0n) is 13.3. The minimum absolute atomic E-state index is 0.00360. The number of carbonyl (C=O) groups is 2. The number of likely N-dealkylation sites (tertiary alicyclic amines) is 2. The highest BCUT2D eigenvalue weighted by atomic mass is 16.4. The molecule has 1 N–H and O–H groups in total. The lowest BCUT2D eigenvalue weighted by atomic mass is 9.92. The van der Waals surface area contributed by atoms with Crippen LogP contribution in [0.2, 0.25) is 0 Å². The van der Waals surface area contributed by atoms with Crippen LogP contribution in [0.3, 0.4) is 0 Å². The normalized spacial score (nSPS) is 30.4. The number of rotatable bonds is 3. The van der Waals surface area contributed by atoms with Gasteiger partial charge in [-0.2, -0.15) is 0 Å². The molecule has 0 bridgehead atoms. The number of amides is 2. The number of piperidine rings is 1. The summed E-state index contributed by atoms with van der Waals surface area (Å²) in [5.74, 6) is -1.05. The minimum Gasteiger partial charge on any atom is -0.481 e. The summed E-state index contributed by atoms with van der Waals surface area (Å²) in [6.07, 6.45) is 3.45. The molecule has 2 rings (SSSR count). The van der Waals surface area contributed by atoms with Crippen molar-refractivity contribution in [2.45, 2.75) is 44.7 Å². The Hall–Kier alpha value is -1.30. The average Bonchev–Trinajstić information content (AvgIpc) is 2.83. The Bertz CT molecular complexity index is 402. The van der Waals surface area contributed by atoms with E-state index in [-0.39, 0.29) is 18.0 Å². The lowest BCUT2D eigenvalue weighted by Gasteiger charge is -2.39. The molecule has 3 unspecified atom stereocenters. The molecule has 0 spiro atoms. The third-order valence-corrected chi connectivity index (χ3v) is 4.95. The Kier molecular flexibility index (Phi) is 5.08. The Balaban J connectivity index is 1.89. The van der Waals surface area contributed by atoms with Gasteiger partial charge in [0.1, 0.15) is 0 Å². The lowest BCUT2D eigenvalue weighted by molar-refractivity contribution is -0.143. The van der Waals surface area contributed by atoms with E-state index >= 15 is 0 Å². The van der Waals surface area contributed by atoms with Gasteiger partial charge in [-0.05, 0) is 46.2 Å². The van der Waals surface area contributed by atoms with Crippen molar-refractivity contribution in [2.24, 2.45) is 5.92 Å². The minimum atomic E-state index is -0.741. The molecule has 0 aromatic heterocycles. The lowest BCUT2D eigenvalue weighted by Crippen LogP contribution is -2.52. The maximum absolute atomic E-state index is 12.6. The standard InChI is InChI=1S/C15H27N3O3/c1-11-9-12(14(19)20)6-8-18(11)15(21)17(3)10-13-5-4-7-16(13)2/h11-13H,4-10H2,1-3H3,(H,19,20). The molecule has 6 nitrogen and oxygen atoms in total. The molecule has 2 heterocycles. The van der Waals surface area contributed by atoms with Crippen LogP contribution in [0, 0.1) is 5.92 Å². The first kappa shape index (κ1) is 16.1. The number of carboxylic acid groups (broad SMARTS) is 1. The molecule has 120 valence electrons. The molecule has 2 fully saturated rings. The highest BCUT2D eigenvalue weighted by Gasteiger charge is 2.34. The van der Waals surface area contributed by atoms with Crippen molar-refractivity contribution < 1.29 is 14.7 Å². The smallest absolute Gasteiger partial charge is 0.320 e. The number of likely N-dealkylation sites (N-methyl/N-ethyl adjacent to an activating group) is 2. The van der Waals surface area contributed by atoms with Crippen molar-refractivity contribution in [1.82, 2.24) is 14.7 Å². The van der Waals surface area contributed by atoms with E-state index in [1.54, 1.807) is 4.90 Å². The Morgan fingerprint density at radius 3 is 2.52 bits per heavy atom. The monoisotopic (exact) mass is 297 g/mol. The van der Waals surface area contributed by atoms with Crippen LogP contribution in [0.4, 0.5) is 4.79 Å². The van der Waals surface area contributed by atoms with Gasteiger partial charge in [0.15, 0.2) is 0 Å². The van der Waals surface area contributed by atoms with E-state index in [4.69, 9.17) is 5.11 Å². The SMILES string of the molecule is CC1CC(C(=O)O)CCN1C(=O)N(C)CC1CCCN1C.